The summed E-state index contributed by atoms with van der Waals surface area (Å²) >= 11 is 0. The van der Waals surface area contributed by atoms with Crippen LogP contribution in [0.5, 0.6) is 0 Å². The highest BCUT2D eigenvalue weighted by Crippen LogP contribution is 2.26. The normalized spacial score (nSPS) is 11.5. The fourth-order valence-electron chi connectivity index (χ4n) is 6.41. The van der Waals surface area contributed by atoms with Crippen LogP contribution >= 0.6 is 64.8 Å². The highest BCUT2D eigenvalue weighted by Gasteiger charge is 2.13. The minimum atomic E-state index is -0.123. The van der Waals surface area contributed by atoms with Crippen LogP contribution in [0.3, 0.4) is 0 Å². The van der Waals surface area contributed by atoms with Crippen LogP contribution < -0.4 is 0 Å². The summed E-state index contributed by atoms with van der Waals surface area (Å²) in [6.07, 6.45) is 25.9. The lowest BCUT2D eigenvalue weighted by Crippen LogP contribution is -2.33. The van der Waals surface area contributed by atoms with E-state index in [2.05, 4.69) is 30.6 Å². The maximum Gasteiger partial charge on any atom is 0.305 e. The molecular weight excluding hydrogens is 909 g/mol. The molecule has 0 rings (SSSR count). The largest absolute Gasteiger partial charge is 0.466 e. The van der Waals surface area contributed by atoms with Crippen molar-refractivity contribution in [1.82, 2.24) is 9.80 Å². The molecule has 0 aromatic carbocycles. The molecule has 0 aromatic rings. The Morgan fingerprint density at radius 1 is 0.349 bits per heavy atom. The fourth-order valence-corrected chi connectivity index (χ4v) is 13.5. The Morgan fingerprint density at radius 3 is 0.921 bits per heavy atom. The van der Waals surface area contributed by atoms with Crippen molar-refractivity contribution in [3.8, 4) is 0 Å². The van der Waals surface area contributed by atoms with Gasteiger partial charge in [-0.15, -0.1) is 0 Å². The van der Waals surface area contributed by atoms with Gasteiger partial charge in [0, 0.05) is 66.9 Å². The molecule has 0 aromatic heterocycles. The molecular formula is C48H94N2O7S6. The van der Waals surface area contributed by atoms with E-state index < -0.39 is 0 Å². The summed E-state index contributed by atoms with van der Waals surface area (Å²) in [6, 6.07) is 0. The van der Waals surface area contributed by atoms with Crippen molar-refractivity contribution in [2.24, 2.45) is 0 Å². The molecule has 0 spiro atoms. The number of ether oxygens (including phenoxy) is 3. The van der Waals surface area contributed by atoms with Gasteiger partial charge in [0.25, 0.3) is 0 Å². The SMILES string of the molecule is CCCCSSCCCCCCOC(=O)CCCN(CCCO)CCCN(CCCC(=O)OCCCCCCSSCCCC)CCCC(=O)OCCCCCCSSCCCC. The Balaban J connectivity index is 4.61. The van der Waals surface area contributed by atoms with E-state index in [-0.39, 0.29) is 24.5 Å². The van der Waals surface area contributed by atoms with E-state index >= 15 is 0 Å². The molecule has 0 saturated heterocycles. The second kappa shape index (κ2) is 53.3. The summed E-state index contributed by atoms with van der Waals surface area (Å²) in [5, 5.41) is 9.55. The first kappa shape index (κ1) is 63.4. The van der Waals surface area contributed by atoms with Crippen molar-refractivity contribution < 1.29 is 33.7 Å². The monoisotopic (exact) mass is 1000 g/mol. The predicted molar refractivity (Wildman–Crippen MR) is 285 cm³/mol. The van der Waals surface area contributed by atoms with Crippen molar-refractivity contribution in [2.75, 3.05) is 100 Å². The lowest BCUT2D eigenvalue weighted by molar-refractivity contribution is -0.144. The molecule has 0 heterocycles. The van der Waals surface area contributed by atoms with Crippen molar-refractivity contribution >= 4 is 82.7 Å². The van der Waals surface area contributed by atoms with E-state index in [1.807, 2.05) is 64.8 Å². The molecule has 0 aliphatic heterocycles. The average molecular weight is 1000 g/mol. The molecule has 63 heavy (non-hydrogen) atoms. The van der Waals surface area contributed by atoms with Gasteiger partial charge in [-0.1, -0.05) is 143 Å². The Kier molecular flexibility index (Phi) is 53.7. The zero-order chi connectivity index (χ0) is 45.9. The summed E-state index contributed by atoms with van der Waals surface area (Å²) in [5.41, 5.74) is 0. The fraction of sp³-hybridized carbons (Fsp3) is 0.938. The number of esters is 3. The number of aliphatic hydroxyl groups excluding tert-OH is 1. The van der Waals surface area contributed by atoms with E-state index in [1.54, 1.807) is 0 Å². The van der Waals surface area contributed by atoms with Gasteiger partial charge in [0.15, 0.2) is 0 Å². The lowest BCUT2D eigenvalue weighted by Gasteiger charge is -2.26. The summed E-state index contributed by atoms with van der Waals surface area (Å²) in [4.78, 5) is 42.3. The van der Waals surface area contributed by atoms with Crippen LogP contribution in [-0.4, -0.2) is 133 Å². The average Bonchev–Trinajstić information content (AvgIpc) is 3.28. The highest BCUT2D eigenvalue weighted by molar-refractivity contribution is 8.77. The zero-order valence-electron chi connectivity index (χ0n) is 40.4. The third-order valence-corrected chi connectivity index (χ3v) is 18.0. The molecule has 0 saturated carbocycles. The third kappa shape index (κ3) is 50.1. The molecule has 9 nitrogen and oxygen atoms in total. The summed E-state index contributed by atoms with van der Waals surface area (Å²) < 4.78 is 16.7. The molecule has 0 amide bonds. The first-order valence-electron chi connectivity index (χ1n) is 25.2. The number of rotatable bonds is 52. The lowest BCUT2D eigenvalue weighted by atomic mass is 10.2. The summed E-state index contributed by atoms with van der Waals surface area (Å²) in [7, 11) is 11.9. The van der Waals surface area contributed by atoms with Crippen molar-refractivity contribution in [3.63, 3.8) is 0 Å². The van der Waals surface area contributed by atoms with E-state index in [0.717, 1.165) is 103 Å². The van der Waals surface area contributed by atoms with Gasteiger partial charge < -0.3 is 29.1 Å². The summed E-state index contributed by atoms with van der Waals surface area (Å²) in [6.45, 7) is 13.2. The molecule has 374 valence electrons. The molecule has 0 aliphatic carbocycles. The number of hydrogen-bond donors (Lipinski definition) is 1. The van der Waals surface area contributed by atoms with Gasteiger partial charge in [-0.2, -0.15) is 0 Å². The Bertz CT molecular complexity index is 950. The van der Waals surface area contributed by atoms with E-state index in [0.29, 0.717) is 45.5 Å². The van der Waals surface area contributed by atoms with Crippen molar-refractivity contribution in [2.45, 2.75) is 188 Å². The van der Waals surface area contributed by atoms with E-state index in [9.17, 15) is 19.5 Å². The minimum absolute atomic E-state index is 0.118. The zero-order valence-corrected chi connectivity index (χ0v) is 45.3. The van der Waals surface area contributed by atoms with Gasteiger partial charge in [0.2, 0.25) is 0 Å². The number of nitrogens with zero attached hydrogens (tertiary/aromatic N) is 2. The molecule has 0 aliphatic rings. The van der Waals surface area contributed by atoms with Crippen LogP contribution in [0.4, 0.5) is 0 Å². The predicted octanol–water partition coefficient (Wildman–Crippen LogP) is 13.6. The quantitative estimate of drug-likeness (QED) is 0.0270. The van der Waals surface area contributed by atoms with Crippen molar-refractivity contribution in [3.05, 3.63) is 0 Å². The van der Waals surface area contributed by atoms with Crippen LogP contribution in [0.2, 0.25) is 0 Å². The van der Waals surface area contributed by atoms with Gasteiger partial charge in [-0.25, -0.2) is 0 Å². The molecule has 1 N–H and O–H groups in total. The number of carbonyl (C=O) groups excluding carboxylic acids is 3. The van der Waals surface area contributed by atoms with Gasteiger partial charge in [0.05, 0.1) is 19.8 Å². The third-order valence-electron chi connectivity index (χ3n) is 10.3. The van der Waals surface area contributed by atoms with Gasteiger partial charge in [0.1, 0.15) is 0 Å². The van der Waals surface area contributed by atoms with Gasteiger partial charge in [-0.3, -0.25) is 14.4 Å². The first-order chi connectivity index (χ1) is 31.0. The summed E-state index contributed by atoms with van der Waals surface area (Å²) in [5.74, 6) is 6.95. The molecule has 15 heteroatoms. The minimum Gasteiger partial charge on any atom is -0.466 e. The van der Waals surface area contributed by atoms with E-state index in [4.69, 9.17) is 14.2 Å². The second-order valence-corrected chi connectivity index (χ2v) is 24.4. The van der Waals surface area contributed by atoms with Gasteiger partial charge >= 0.3 is 17.9 Å². The maximum atomic E-state index is 12.6. The van der Waals surface area contributed by atoms with Crippen LogP contribution in [-0.2, 0) is 28.6 Å². The van der Waals surface area contributed by atoms with Crippen LogP contribution in [0.15, 0.2) is 0 Å². The maximum absolute atomic E-state index is 12.6. The number of aliphatic hydroxyl groups is 1. The Labute approximate surface area is 411 Å². The van der Waals surface area contributed by atoms with Crippen LogP contribution in [0, 0.1) is 0 Å². The topological polar surface area (TPSA) is 106 Å². The first-order valence-corrected chi connectivity index (χ1v) is 32.7. The number of unbranched alkanes of at least 4 members (excludes halogenated alkanes) is 12. The standard InChI is InChI=1S/C48H94N2O7S6/c1-4-7-40-58-61-43-19-13-10-16-37-55-46(52)27-22-30-49(31-23-28-47(53)56-38-17-11-14-20-44-62-59-41-8-5-2)33-25-34-50(35-26-36-51)32-24-29-48(54)57-39-18-12-15-21-45-63-60-42-9-6-3/h51H,4-45H2,1-3H3. The molecule has 0 radical (unpaired) electrons. The Morgan fingerprint density at radius 2 is 0.619 bits per heavy atom. The van der Waals surface area contributed by atoms with Crippen LogP contribution in [0.1, 0.15) is 188 Å². The molecule has 0 bridgehead atoms. The molecule has 0 fully saturated rings. The van der Waals surface area contributed by atoms with E-state index in [1.165, 1.54) is 112 Å². The second-order valence-electron chi connectivity index (χ2n) is 16.3. The van der Waals surface area contributed by atoms with Gasteiger partial charge in [-0.05, 0) is 123 Å². The van der Waals surface area contributed by atoms with Crippen LogP contribution in [0.25, 0.3) is 0 Å². The molecule has 0 atom stereocenters. The Hall–Kier alpha value is 0.390. The smallest absolute Gasteiger partial charge is 0.305 e. The van der Waals surface area contributed by atoms with Crippen molar-refractivity contribution in [1.29, 1.82) is 0 Å². The number of carbonyl (C=O) groups is 3. The number of hydrogen-bond acceptors (Lipinski definition) is 15. The molecule has 0 unspecified atom stereocenters. The highest BCUT2D eigenvalue weighted by atomic mass is 33.1.